The molecule has 0 aliphatic carbocycles. The first-order valence-electron chi connectivity index (χ1n) is 2.85. The minimum atomic E-state index is -0.299. The Balaban J connectivity index is 0.000001000. The highest BCUT2D eigenvalue weighted by atomic mass is 16.2. The van der Waals surface area contributed by atoms with E-state index >= 15 is 0 Å². The zero-order chi connectivity index (χ0) is 7.72. The predicted molar refractivity (Wildman–Crippen MR) is 40.5 cm³/mol. The van der Waals surface area contributed by atoms with E-state index in [9.17, 15) is 9.59 Å². The molecule has 0 aliphatic rings. The average Bonchev–Trinajstić information content (AvgIpc) is 1.93. The van der Waals surface area contributed by atoms with E-state index in [0.717, 1.165) is 4.57 Å². The first kappa shape index (κ1) is 9.64. The summed E-state index contributed by atoms with van der Waals surface area (Å²) < 4.78 is 2.40. The van der Waals surface area contributed by atoms with Gasteiger partial charge in [0.15, 0.2) is 0 Å². The standard InChI is InChI=1S/C6H8N2O2.H2O/c1-7-4-3-5(9)8(2)6(7)10;/h3-4H,1-2H3;1H2. The van der Waals surface area contributed by atoms with Crippen molar-refractivity contribution < 1.29 is 5.48 Å². The van der Waals surface area contributed by atoms with Gasteiger partial charge in [0, 0.05) is 26.4 Å². The molecule has 2 N–H and O–H groups in total. The number of aryl methyl sites for hydroxylation is 1. The summed E-state index contributed by atoms with van der Waals surface area (Å²) in [6.07, 6.45) is 1.45. The van der Waals surface area contributed by atoms with Crippen molar-refractivity contribution in [3.63, 3.8) is 0 Å². The van der Waals surface area contributed by atoms with Crippen LogP contribution in [0.4, 0.5) is 0 Å². The number of nitrogens with zero attached hydrogens (tertiary/aromatic N) is 2. The van der Waals surface area contributed by atoms with Gasteiger partial charge in [0.25, 0.3) is 5.56 Å². The Kier molecular flexibility index (Phi) is 2.77. The van der Waals surface area contributed by atoms with E-state index in [4.69, 9.17) is 0 Å². The molecule has 5 heteroatoms. The van der Waals surface area contributed by atoms with E-state index in [-0.39, 0.29) is 16.7 Å². The average molecular weight is 158 g/mol. The molecule has 1 heterocycles. The fourth-order valence-electron chi connectivity index (χ4n) is 0.682. The van der Waals surface area contributed by atoms with Gasteiger partial charge >= 0.3 is 5.69 Å². The van der Waals surface area contributed by atoms with Gasteiger partial charge in [-0.05, 0) is 0 Å². The number of aromatic nitrogens is 2. The van der Waals surface area contributed by atoms with Crippen LogP contribution in [0.5, 0.6) is 0 Å². The number of rotatable bonds is 0. The lowest BCUT2D eigenvalue weighted by Crippen LogP contribution is -2.35. The largest absolute Gasteiger partial charge is 0.412 e. The van der Waals surface area contributed by atoms with Crippen LogP contribution in [0.15, 0.2) is 21.9 Å². The highest BCUT2D eigenvalue weighted by Crippen LogP contribution is 1.66. The zero-order valence-corrected chi connectivity index (χ0v) is 6.37. The van der Waals surface area contributed by atoms with Gasteiger partial charge in [-0.3, -0.25) is 9.36 Å². The molecule has 0 spiro atoms. The Hall–Kier alpha value is -1.36. The molecular formula is C6H10N2O3. The second-order valence-electron chi connectivity index (χ2n) is 2.11. The highest BCUT2D eigenvalue weighted by Gasteiger charge is 1.93. The van der Waals surface area contributed by atoms with Gasteiger partial charge in [-0.15, -0.1) is 0 Å². The van der Waals surface area contributed by atoms with Crippen LogP contribution in [-0.2, 0) is 14.1 Å². The smallest absolute Gasteiger partial charge is 0.330 e. The van der Waals surface area contributed by atoms with E-state index in [1.165, 1.54) is 23.9 Å². The Bertz CT molecular complexity index is 350. The van der Waals surface area contributed by atoms with E-state index in [1.807, 2.05) is 0 Å². The van der Waals surface area contributed by atoms with Crippen LogP contribution in [0.3, 0.4) is 0 Å². The van der Waals surface area contributed by atoms with Crippen molar-refractivity contribution in [1.82, 2.24) is 9.13 Å². The Morgan fingerprint density at radius 3 is 2.27 bits per heavy atom. The van der Waals surface area contributed by atoms with Crippen molar-refractivity contribution in [2.75, 3.05) is 0 Å². The maximum Gasteiger partial charge on any atom is 0.330 e. The Morgan fingerprint density at radius 2 is 1.82 bits per heavy atom. The Morgan fingerprint density at radius 1 is 1.27 bits per heavy atom. The van der Waals surface area contributed by atoms with Gasteiger partial charge in [-0.1, -0.05) is 0 Å². The number of hydrogen-bond acceptors (Lipinski definition) is 2. The minimum absolute atomic E-state index is 0. The third-order valence-electron chi connectivity index (χ3n) is 1.36. The fourth-order valence-corrected chi connectivity index (χ4v) is 0.682. The fraction of sp³-hybridized carbons (Fsp3) is 0.333. The summed E-state index contributed by atoms with van der Waals surface area (Å²) in [5.41, 5.74) is -0.574. The minimum Gasteiger partial charge on any atom is -0.412 e. The molecule has 11 heavy (non-hydrogen) atoms. The third kappa shape index (κ3) is 1.56. The molecule has 0 amide bonds. The summed E-state index contributed by atoms with van der Waals surface area (Å²) in [7, 11) is 3.05. The van der Waals surface area contributed by atoms with Gasteiger partial charge in [-0.25, -0.2) is 4.79 Å². The van der Waals surface area contributed by atoms with Crippen molar-refractivity contribution in [3.05, 3.63) is 33.1 Å². The first-order valence-corrected chi connectivity index (χ1v) is 2.85. The van der Waals surface area contributed by atoms with E-state index < -0.39 is 0 Å². The molecule has 1 aromatic heterocycles. The van der Waals surface area contributed by atoms with E-state index in [1.54, 1.807) is 7.05 Å². The molecule has 0 atom stereocenters. The summed E-state index contributed by atoms with van der Waals surface area (Å²) >= 11 is 0. The lowest BCUT2D eigenvalue weighted by molar-refractivity contribution is 0.686. The molecule has 0 saturated carbocycles. The van der Waals surface area contributed by atoms with E-state index in [0.29, 0.717) is 0 Å². The van der Waals surface area contributed by atoms with Crippen LogP contribution in [0, 0.1) is 0 Å². The maximum absolute atomic E-state index is 10.9. The normalized spacial score (nSPS) is 8.91. The van der Waals surface area contributed by atoms with Crippen molar-refractivity contribution in [1.29, 1.82) is 0 Å². The lowest BCUT2D eigenvalue weighted by atomic mass is 10.6. The predicted octanol–water partition coefficient (Wildman–Crippen LogP) is -1.74. The van der Waals surface area contributed by atoms with Crippen LogP contribution < -0.4 is 11.2 Å². The van der Waals surface area contributed by atoms with Crippen molar-refractivity contribution in [2.24, 2.45) is 14.1 Å². The molecule has 0 radical (unpaired) electrons. The quantitative estimate of drug-likeness (QED) is 0.449. The molecule has 62 valence electrons. The van der Waals surface area contributed by atoms with Crippen LogP contribution in [0.25, 0.3) is 0 Å². The van der Waals surface area contributed by atoms with Crippen molar-refractivity contribution in [2.45, 2.75) is 0 Å². The van der Waals surface area contributed by atoms with E-state index in [2.05, 4.69) is 0 Å². The summed E-state index contributed by atoms with van der Waals surface area (Å²) in [6.45, 7) is 0. The monoisotopic (exact) mass is 158 g/mol. The van der Waals surface area contributed by atoms with Crippen LogP contribution in [0.1, 0.15) is 0 Å². The topological polar surface area (TPSA) is 75.5 Å². The summed E-state index contributed by atoms with van der Waals surface area (Å²) in [6, 6.07) is 1.35. The Labute approximate surface area is 62.8 Å². The first-order chi connectivity index (χ1) is 4.63. The highest BCUT2D eigenvalue weighted by molar-refractivity contribution is 4.83. The van der Waals surface area contributed by atoms with Gasteiger partial charge in [-0.2, -0.15) is 0 Å². The molecule has 1 rings (SSSR count). The summed E-state index contributed by atoms with van der Waals surface area (Å²) in [5, 5.41) is 0. The molecule has 5 nitrogen and oxygen atoms in total. The summed E-state index contributed by atoms with van der Waals surface area (Å²) in [4.78, 5) is 21.7. The zero-order valence-electron chi connectivity index (χ0n) is 6.37. The van der Waals surface area contributed by atoms with Crippen molar-refractivity contribution in [3.8, 4) is 0 Å². The number of hydrogen-bond donors (Lipinski definition) is 0. The molecule has 1 aromatic rings. The second-order valence-corrected chi connectivity index (χ2v) is 2.11. The SMILES string of the molecule is Cn1ccc(=O)n(C)c1=O.O. The third-order valence-corrected chi connectivity index (χ3v) is 1.36. The van der Waals surface area contributed by atoms with Crippen LogP contribution >= 0.6 is 0 Å². The van der Waals surface area contributed by atoms with Crippen LogP contribution in [-0.4, -0.2) is 14.6 Å². The van der Waals surface area contributed by atoms with Gasteiger partial charge in [0.05, 0.1) is 0 Å². The molecule has 0 aromatic carbocycles. The van der Waals surface area contributed by atoms with Gasteiger partial charge in [0.2, 0.25) is 0 Å². The van der Waals surface area contributed by atoms with Gasteiger partial charge < -0.3 is 10.0 Å². The van der Waals surface area contributed by atoms with Crippen LogP contribution in [0.2, 0.25) is 0 Å². The lowest BCUT2D eigenvalue weighted by Gasteiger charge is -1.97. The molecule has 0 unspecified atom stereocenters. The molecule has 0 bridgehead atoms. The molecule has 0 aliphatic heterocycles. The van der Waals surface area contributed by atoms with Gasteiger partial charge in [0.1, 0.15) is 0 Å². The maximum atomic E-state index is 10.9. The summed E-state index contributed by atoms with van der Waals surface area (Å²) in [5.74, 6) is 0. The second kappa shape index (κ2) is 3.16. The molecule has 0 saturated heterocycles. The van der Waals surface area contributed by atoms with Crippen molar-refractivity contribution >= 4 is 0 Å². The molecule has 0 fully saturated rings. The molecular weight excluding hydrogens is 148 g/mol.